The number of allylic oxidation sites excluding steroid dienone is 1. The number of carbonyl (C=O) groups is 1. The third-order valence-corrected chi connectivity index (χ3v) is 5.93. The standard InChI is InChI=1S/C25H30O3/c1-17(14-18-6-9-20(10-7-18)28-16-23(26)27)19-8-11-21-22(15-19)25(4,5)13-12-24(21,2)3/h6-11,14-15H,12-13,16H2,1-5H3,(H,26,27). The van der Waals surface area contributed by atoms with Gasteiger partial charge in [0.1, 0.15) is 5.75 Å². The molecule has 28 heavy (non-hydrogen) atoms. The van der Waals surface area contributed by atoms with E-state index in [2.05, 4.69) is 58.9 Å². The lowest BCUT2D eigenvalue weighted by molar-refractivity contribution is -0.139. The molecule has 0 radical (unpaired) electrons. The average molecular weight is 379 g/mol. The molecular formula is C25H30O3. The van der Waals surface area contributed by atoms with E-state index in [-0.39, 0.29) is 17.4 Å². The fourth-order valence-electron chi connectivity index (χ4n) is 3.97. The Morgan fingerprint density at radius 2 is 1.61 bits per heavy atom. The Balaban J connectivity index is 1.86. The first kappa shape index (κ1) is 20.2. The quantitative estimate of drug-likeness (QED) is 0.643. The van der Waals surface area contributed by atoms with Crippen LogP contribution < -0.4 is 4.74 Å². The lowest BCUT2D eigenvalue weighted by Crippen LogP contribution is -2.33. The Morgan fingerprint density at radius 3 is 2.21 bits per heavy atom. The number of aliphatic carboxylic acids is 1. The van der Waals surface area contributed by atoms with Gasteiger partial charge in [-0.15, -0.1) is 0 Å². The molecule has 0 atom stereocenters. The van der Waals surface area contributed by atoms with E-state index in [9.17, 15) is 4.79 Å². The maximum absolute atomic E-state index is 10.6. The summed E-state index contributed by atoms with van der Waals surface area (Å²) in [6, 6.07) is 14.4. The van der Waals surface area contributed by atoms with E-state index in [0.29, 0.717) is 5.75 Å². The zero-order valence-corrected chi connectivity index (χ0v) is 17.5. The second-order valence-corrected chi connectivity index (χ2v) is 9.11. The second-order valence-electron chi connectivity index (χ2n) is 9.11. The summed E-state index contributed by atoms with van der Waals surface area (Å²) >= 11 is 0. The summed E-state index contributed by atoms with van der Waals surface area (Å²) in [5.74, 6) is -0.409. The van der Waals surface area contributed by atoms with Crippen LogP contribution in [0.2, 0.25) is 0 Å². The molecule has 0 saturated carbocycles. The van der Waals surface area contributed by atoms with Gasteiger partial charge in [-0.2, -0.15) is 0 Å². The van der Waals surface area contributed by atoms with Crippen LogP contribution >= 0.6 is 0 Å². The minimum atomic E-state index is -0.974. The van der Waals surface area contributed by atoms with Crippen LogP contribution in [-0.2, 0) is 15.6 Å². The van der Waals surface area contributed by atoms with E-state index >= 15 is 0 Å². The minimum Gasteiger partial charge on any atom is -0.482 e. The summed E-state index contributed by atoms with van der Waals surface area (Å²) in [6.07, 6.45) is 4.58. The van der Waals surface area contributed by atoms with Gasteiger partial charge < -0.3 is 9.84 Å². The highest BCUT2D eigenvalue weighted by Crippen LogP contribution is 2.46. The van der Waals surface area contributed by atoms with Crippen LogP contribution in [0.5, 0.6) is 5.75 Å². The van der Waals surface area contributed by atoms with Crippen LogP contribution in [-0.4, -0.2) is 17.7 Å². The number of fused-ring (bicyclic) bond motifs is 1. The van der Waals surface area contributed by atoms with Crippen molar-refractivity contribution in [2.45, 2.75) is 58.3 Å². The molecule has 3 rings (SSSR count). The van der Waals surface area contributed by atoms with Crippen LogP contribution in [0.15, 0.2) is 42.5 Å². The first-order valence-corrected chi connectivity index (χ1v) is 9.87. The number of ether oxygens (including phenoxy) is 1. The van der Waals surface area contributed by atoms with Gasteiger partial charge in [-0.3, -0.25) is 0 Å². The maximum atomic E-state index is 10.6. The van der Waals surface area contributed by atoms with Gasteiger partial charge in [0.05, 0.1) is 0 Å². The molecule has 2 aromatic carbocycles. The number of hydrogen-bond acceptors (Lipinski definition) is 2. The van der Waals surface area contributed by atoms with E-state index in [1.807, 2.05) is 12.1 Å². The molecule has 0 aliphatic heterocycles. The number of hydrogen-bond donors (Lipinski definition) is 1. The largest absolute Gasteiger partial charge is 0.482 e. The van der Waals surface area contributed by atoms with Crippen LogP contribution in [0.3, 0.4) is 0 Å². The summed E-state index contributed by atoms with van der Waals surface area (Å²) in [5, 5.41) is 8.69. The zero-order chi connectivity index (χ0) is 20.5. The highest BCUT2D eigenvalue weighted by atomic mass is 16.5. The number of carboxylic acid groups (broad SMARTS) is 1. The molecule has 1 N–H and O–H groups in total. The molecule has 0 heterocycles. The second kappa shape index (κ2) is 7.46. The maximum Gasteiger partial charge on any atom is 0.341 e. The van der Waals surface area contributed by atoms with E-state index in [1.54, 1.807) is 12.1 Å². The van der Waals surface area contributed by atoms with Crippen LogP contribution in [0.4, 0.5) is 0 Å². The molecule has 0 aromatic heterocycles. The summed E-state index contributed by atoms with van der Waals surface area (Å²) < 4.78 is 5.20. The van der Waals surface area contributed by atoms with Crippen LogP contribution in [0, 0.1) is 0 Å². The molecule has 2 aromatic rings. The topological polar surface area (TPSA) is 46.5 Å². The van der Waals surface area contributed by atoms with Crippen molar-refractivity contribution in [3.8, 4) is 5.75 Å². The van der Waals surface area contributed by atoms with Gasteiger partial charge in [0.25, 0.3) is 0 Å². The van der Waals surface area contributed by atoms with Crippen molar-refractivity contribution in [3.63, 3.8) is 0 Å². The molecule has 148 valence electrons. The van der Waals surface area contributed by atoms with Crippen molar-refractivity contribution in [1.82, 2.24) is 0 Å². The molecule has 0 amide bonds. The Morgan fingerprint density at radius 1 is 1.00 bits per heavy atom. The predicted molar refractivity (Wildman–Crippen MR) is 115 cm³/mol. The third-order valence-electron chi connectivity index (χ3n) is 5.93. The summed E-state index contributed by atoms with van der Waals surface area (Å²) in [4.78, 5) is 10.6. The van der Waals surface area contributed by atoms with Crippen molar-refractivity contribution < 1.29 is 14.6 Å². The molecule has 3 nitrogen and oxygen atoms in total. The van der Waals surface area contributed by atoms with Crippen LogP contribution in [0.25, 0.3) is 11.6 Å². The predicted octanol–water partition coefficient (Wildman–Crippen LogP) is 6.06. The lowest BCUT2D eigenvalue weighted by atomic mass is 9.63. The van der Waals surface area contributed by atoms with E-state index in [4.69, 9.17) is 9.84 Å². The minimum absolute atomic E-state index is 0.199. The Hall–Kier alpha value is -2.55. The van der Waals surface area contributed by atoms with Gasteiger partial charge in [-0.25, -0.2) is 4.79 Å². The summed E-state index contributed by atoms with van der Waals surface area (Å²) in [5.41, 5.74) is 6.89. The van der Waals surface area contributed by atoms with Gasteiger partial charge >= 0.3 is 5.97 Å². The first-order chi connectivity index (χ1) is 13.1. The smallest absolute Gasteiger partial charge is 0.341 e. The highest BCUT2D eigenvalue weighted by molar-refractivity contribution is 5.81. The number of benzene rings is 2. The Labute approximate surface area is 168 Å². The van der Waals surface area contributed by atoms with E-state index in [0.717, 1.165) is 5.56 Å². The third kappa shape index (κ3) is 4.30. The highest BCUT2D eigenvalue weighted by Gasteiger charge is 2.36. The normalized spacial score (nSPS) is 17.7. The van der Waals surface area contributed by atoms with Gasteiger partial charge in [0.15, 0.2) is 6.61 Å². The molecule has 0 bridgehead atoms. The van der Waals surface area contributed by atoms with Gasteiger partial charge in [-0.1, -0.05) is 64.1 Å². The van der Waals surface area contributed by atoms with E-state index < -0.39 is 5.97 Å². The van der Waals surface area contributed by atoms with Gasteiger partial charge in [0, 0.05) is 0 Å². The summed E-state index contributed by atoms with van der Waals surface area (Å²) in [6.45, 7) is 11.2. The molecule has 0 spiro atoms. The molecule has 0 fully saturated rings. The first-order valence-electron chi connectivity index (χ1n) is 9.87. The molecule has 0 unspecified atom stereocenters. The molecule has 1 aliphatic carbocycles. The van der Waals surface area contributed by atoms with Crippen molar-refractivity contribution in [2.24, 2.45) is 0 Å². The zero-order valence-electron chi connectivity index (χ0n) is 17.5. The van der Waals surface area contributed by atoms with Gasteiger partial charge in [-0.05, 0) is 70.6 Å². The number of rotatable bonds is 5. The van der Waals surface area contributed by atoms with E-state index in [1.165, 1.54) is 35.1 Å². The molecule has 0 saturated heterocycles. The molecule has 1 aliphatic rings. The van der Waals surface area contributed by atoms with Crippen molar-refractivity contribution in [2.75, 3.05) is 6.61 Å². The van der Waals surface area contributed by atoms with Gasteiger partial charge in [0.2, 0.25) is 0 Å². The molecule has 3 heteroatoms. The fourth-order valence-corrected chi connectivity index (χ4v) is 3.97. The monoisotopic (exact) mass is 378 g/mol. The Bertz CT molecular complexity index is 902. The summed E-state index contributed by atoms with van der Waals surface area (Å²) in [7, 11) is 0. The van der Waals surface area contributed by atoms with Crippen molar-refractivity contribution in [1.29, 1.82) is 0 Å². The number of carboxylic acids is 1. The fraction of sp³-hybridized carbons (Fsp3) is 0.400. The molecular weight excluding hydrogens is 348 g/mol. The average Bonchev–Trinajstić information content (AvgIpc) is 2.64. The van der Waals surface area contributed by atoms with Crippen molar-refractivity contribution in [3.05, 3.63) is 64.7 Å². The Kier molecular flexibility index (Phi) is 5.38. The van der Waals surface area contributed by atoms with Crippen LogP contribution in [0.1, 0.15) is 69.7 Å². The lowest BCUT2D eigenvalue weighted by Gasteiger charge is -2.42. The SMILES string of the molecule is CC(=Cc1ccc(OCC(=O)O)cc1)c1ccc2c(c1)C(C)(C)CCC2(C)C. The van der Waals surface area contributed by atoms with Crippen molar-refractivity contribution >= 4 is 17.6 Å².